The molecule has 0 fully saturated rings. The average molecular weight is 295 g/mol. The molecular weight excluding hydrogens is 259 g/mol. The monoisotopic (exact) mass is 294 g/mol. The minimum atomic E-state index is -1.23. The van der Waals surface area contributed by atoms with Crippen molar-refractivity contribution in [3.63, 3.8) is 0 Å². The molecule has 0 unspecified atom stereocenters. The van der Waals surface area contributed by atoms with Gasteiger partial charge in [0, 0.05) is 7.26 Å². The molecule has 18 heavy (non-hydrogen) atoms. The molecule has 0 heterocycles. The van der Waals surface area contributed by atoms with E-state index in [9.17, 15) is 0 Å². The van der Waals surface area contributed by atoms with Gasteiger partial charge < -0.3 is 12.4 Å². The number of hydrogen-bond acceptors (Lipinski definition) is 0. The van der Waals surface area contributed by atoms with Crippen molar-refractivity contribution >= 4 is 7.26 Å². The predicted octanol–water partition coefficient (Wildman–Crippen LogP) is 3.20. The molecule has 0 aliphatic heterocycles. The van der Waals surface area contributed by atoms with Crippen LogP contribution in [0.2, 0.25) is 0 Å². The Morgan fingerprint density at radius 2 is 0.500 bits per heavy atom. The molecule has 0 spiro atoms. The lowest BCUT2D eigenvalue weighted by Crippen LogP contribution is -3.00. The van der Waals surface area contributed by atoms with Crippen LogP contribution in [-0.4, -0.2) is 20.6 Å². The van der Waals surface area contributed by atoms with Crippen LogP contribution in [-0.2, 0) is 0 Å². The van der Waals surface area contributed by atoms with Gasteiger partial charge in [-0.05, 0) is 83.1 Å². The van der Waals surface area contributed by atoms with Crippen LogP contribution in [0.5, 0.6) is 0 Å². The minimum Gasteiger partial charge on any atom is -1.00 e. The molecule has 0 amide bonds. The van der Waals surface area contributed by atoms with Crippen LogP contribution in [0.25, 0.3) is 0 Å². The lowest BCUT2D eigenvalue weighted by molar-refractivity contribution is -0.00000540. The van der Waals surface area contributed by atoms with Crippen LogP contribution < -0.4 is 12.4 Å². The zero-order valence-corrected chi connectivity index (χ0v) is 16.5. The zero-order chi connectivity index (χ0) is 14.5. The Kier molecular flexibility index (Phi) is 6.13. The van der Waals surface area contributed by atoms with Crippen molar-refractivity contribution in [2.75, 3.05) is 0 Å². The highest BCUT2D eigenvalue weighted by Gasteiger charge is 2.70. The number of hydrogen-bond donors (Lipinski definition) is 0. The largest absolute Gasteiger partial charge is 1.00 e. The van der Waals surface area contributed by atoms with Gasteiger partial charge in [-0.25, -0.2) is 0 Å². The Hall–Kier alpha value is 0.720. The molecular formula is C16H36ClP. The second-order valence-corrected chi connectivity index (χ2v) is 16.1. The van der Waals surface area contributed by atoms with E-state index in [1.54, 1.807) is 0 Å². The molecule has 0 rings (SSSR count). The first kappa shape index (κ1) is 21.0. The summed E-state index contributed by atoms with van der Waals surface area (Å²) in [5, 5.41) is 1.51. The highest BCUT2D eigenvalue weighted by molar-refractivity contribution is 7.81. The average Bonchev–Trinajstić information content (AvgIpc) is 1.67. The molecule has 0 aliphatic carbocycles. The van der Waals surface area contributed by atoms with Gasteiger partial charge in [0.05, 0.1) is 20.6 Å². The van der Waals surface area contributed by atoms with Crippen molar-refractivity contribution in [3.05, 3.63) is 0 Å². The number of rotatable bonds is 0. The molecule has 0 radical (unpaired) electrons. The summed E-state index contributed by atoms with van der Waals surface area (Å²) in [4.78, 5) is 0. The Morgan fingerprint density at radius 1 is 0.389 bits per heavy atom. The predicted molar refractivity (Wildman–Crippen MR) is 85.9 cm³/mol. The van der Waals surface area contributed by atoms with Gasteiger partial charge in [0.15, 0.2) is 0 Å². The molecule has 0 saturated carbocycles. The fourth-order valence-electron chi connectivity index (χ4n) is 6.04. The molecule has 0 aromatic rings. The van der Waals surface area contributed by atoms with E-state index >= 15 is 0 Å². The molecule has 0 aromatic heterocycles. The lowest BCUT2D eigenvalue weighted by Gasteiger charge is -2.60. The van der Waals surface area contributed by atoms with E-state index in [1.165, 1.54) is 0 Å². The van der Waals surface area contributed by atoms with Crippen molar-refractivity contribution in [2.45, 2.75) is 104 Å². The fraction of sp³-hybridized carbons (Fsp3) is 1.00. The number of halogens is 1. The van der Waals surface area contributed by atoms with Crippen LogP contribution in [0, 0.1) is 0 Å². The van der Waals surface area contributed by atoms with Crippen LogP contribution in [0.4, 0.5) is 0 Å². The Balaban J connectivity index is 0. The normalized spacial score (nSPS) is 15.3. The van der Waals surface area contributed by atoms with E-state index in [-0.39, 0.29) is 12.4 Å². The molecule has 0 N–H and O–H groups in total. The van der Waals surface area contributed by atoms with E-state index in [0.29, 0.717) is 20.6 Å². The molecule has 0 saturated heterocycles. The third-order valence-electron chi connectivity index (χ3n) is 4.02. The van der Waals surface area contributed by atoms with Gasteiger partial charge in [0.2, 0.25) is 0 Å². The molecule has 0 aliphatic rings. The maximum atomic E-state index is 2.46. The maximum Gasteiger partial charge on any atom is 0.0730 e. The van der Waals surface area contributed by atoms with Crippen molar-refractivity contribution < 1.29 is 12.4 Å². The van der Waals surface area contributed by atoms with E-state index in [1.807, 2.05) is 0 Å². The fourth-order valence-corrected chi connectivity index (χ4v) is 18.1. The topological polar surface area (TPSA) is 0 Å². The summed E-state index contributed by atoms with van der Waals surface area (Å²) < 4.78 is 0. The molecule has 112 valence electrons. The van der Waals surface area contributed by atoms with Gasteiger partial charge in [0.25, 0.3) is 0 Å². The van der Waals surface area contributed by atoms with Crippen molar-refractivity contribution in [3.8, 4) is 0 Å². The summed E-state index contributed by atoms with van der Waals surface area (Å²) in [7, 11) is -1.23. The molecule has 0 atom stereocenters. The van der Waals surface area contributed by atoms with E-state index < -0.39 is 7.26 Å². The van der Waals surface area contributed by atoms with E-state index in [2.05, 4.69) is 83.1 Å². The third kappa shape index (κ3) is 3.06. The Labute approximate surface area is 123 Å². The highest BCUT2D eigenvalue weighted by Crippen LogP contribution is 2.88. The SMILES string of the molecule is CC(C)(C)[P+](C(C)(C)C)(C(C)(C)C)C(C)(C)C.[Cl-]. The maximum absolute atomic E-state index is 2.46. The Bertz CT molecular complexity index is 204. The van der Waals surface area contributed by atoms with E-state index in [4.69, 9.17) is 0 Å². The van der Waals surface area contributed by atoms with Crippen LogP contribution in [0.3, 0.4) is 0 Å². The van der Waals surface area contributed by atoms with Crippen LogP contribution in [0.15, 0.2) is 0 Å². The van der Waals surface area contributed by atoms with Gasteiger partial charge in [-0.3, -0.25) is 0 Å². The molecule has 0 aromatic carbocycles. The smallest absolute Gasteiger partial charge is 0.0730 e. The zero-order valence-electron chi connectivity index (χ0n) is 14.8. The van der Waals surface area contributed by atoms with Gasteiger partial charge in [-0.2, -0.15) is 0 Å². The van der Waals surface area contributed by atoms with Crippen molar-refractivity contribution in [2.24, 2.45) is 0 Å². The summed E-state index contributed by atoms with van der Waals surface area (Å²) in [5.74, 6) is 0. The first-order chi connectivity index (χ1) is 7.00. The third-order valence-corrected chi connectivity index (χ3v) is 12.1. The minimum absolute atomic E-state index is 0. The first-order valence-corrected chi connectivity index (χ1v) is 8.68. The summed E-state index contributed by atoms with van der Waals surface area (Å²) >= 11 is 0. The summed E-state index contributed by atoms with van der Waals surface area (Å²) in [6, 6.07) is 0. The van der Waals surface area contributed by atoms with Crippen LogP contribution >= 0.6 is 7.26 Å². The standard InChI is InChI=1S/C16H36P.ClH/c1-13(2,3)17(14(4,5)6,15(7,8)9)16(10,11)12;/h1-12H3;1H/q+1;/p-1. The van der Waals surface area contributed by atoms with Crippen molar-refractivity contribution in [1.29, 1.82) is 0 Å². The molecule has 2 heteroatoms. The first-order valence-electron chi connectivity index (χ1n) is 6.89. The van der Waals surface area contributed by atoms with Crippen LogP contribution in [0.1, 0.15) is 83.1 Å². The van der Waals surface area contributed by atoms with Gasteiger partial charge in [-0.15, -0.1) is 0 Å². The quantitative estimate of drug-likeness (QED) is 0.602. The second kappa shape index (κ2) is 5.25. The van der Waals surface area contributed by atoms with Crippen molar-refractivity contribution in [1.82, 2.24) is 0 Å². The van der Waals surface area contributed by atoms with E-state index in [0.717, 1.165) is 0 Å². The molecule has 0 bridgehead atoms. The summed E-state index contributed by atoms with van der Waals surface area (Å²) in [5.41, 5.74) is 0. The summed E-state index contributed by atoms with van der Waals surface area (Å²) in [6.45, 7) is 29.5. The van der Waals surface area contributed by atoms with Gasteiger partial charge >= 0.3 is 0 Å². The van der Waals surface area contributed by atoms with Gasteiger partial charge in [-0.1, -0.05) is 0 Å². The lowest BCUT2D eigenvalue weighted by atomic mass is 10.2. The second-order valence-electron chi connectivity index (χ2n) is 9.35. The Morgan fingerprint density at radius 3 is 0.500 bits per heavy atom. The van der Waals surface area contributed by atoms with Gasteiger partial charge in [0.1, 0.15) is 0 Å². The highest BCUT2D eigenvalue weighted by atomic mass is 35.5. The summed E-state index contributed by atoms with van der Waals surface area (Å²) in [6.07, 6.45) is 0. The molecule has 0 nitrogen and oxygen atoms in total.